The number of rotatable bonds is 7. The molecule has 2 aliphatic carbocycles. The van der Waals surface area contributed by atoms with Crippen LogP contribution >= 0.6 is 0 Å². The standard InChI is InChI=1S/C48H53N5O4/c54-40-12-15-42-36(28-40)8-13-41(35-5-4-32-2-1-3-34(32)26-35)46(42)33-6-9-38(10-7-33)51-20-18-31(19-21-51)29-50-22-24-52(25-23-50)39-11-14-43-37(27-39)30-53(48(43)57)44-16-17-45(55)49-47(44)56/h4-7,9-12,14-15,26-28,31,41,44,46,54H,1-3,8,13,16-25,29-30H2,(H,49,55,56)/t41-,44+,46+/m1/s1. The Bertz CT molecular complexity index is 2200. The number of aromatic hydroxyl groups is 1. The fraction of sp³-hybridized carbons (Fsp3) is 0.438. The van der Waals surface area contributed by atoms with Gasteiger partial charge in [0.2, 0.25) is 11.8 Å². The zero-order valence-electron chi connectivity index (χ0n) is 32.8. The number of hydrogen-bond acceptors (Lipinski definition) is 7. The average molecular weight is 764 g/mol. The van der Waals surface area contributed by atoms with Gasteiger partial charge in [0.15, 0.2) is 0 Å². The number of phenolic OH excluding ortho intramolecular Hbond substituents is 1. The van der Waals surface area contributed by atoms with Crippen LogP contribution in [0.2, 0.25) is 0 Å². The first-order chi connectivity index (χ1) is 27.8. The fourth-order valence-electron chi connectivity index (χ4n) is 11.0. The van der Waals surface area contributed by atoms with E-state index in [1.54, 1.807) is 10.5 Å². The molecule has 57 heavy (non-hydrogen) atoms. The summed E-state index contributed by atoms with van der Waals surface area (Å²) < 4.78 is 0. The van der Waals surface area contributed by atoms with E-state index in [2.05, 4.69) is 80.7 Å². The number of nitrogens with one attached hydrogen (secondary N) is 1. The summed E-state index contributed by atoms with van der Waals surface area (Å²) in [5.74, 6) is 1.00. The number of fused-ring (bicyclic) bond motifs is 3. The summed E-state index contributed by atoms with van der Waals surface area (Å²) >= 11 is 0. The fourth-order valence-corrected chi connectivity index (χ4v) is 11.0. The second-order valence-corrected chi connectivity index (χ2v) is 17.4. The Balaban J connectivity index is 0.740. The van der Waals surface area contributed by atoms with Gasteiger partial charge >= 0.3 is 0 Å². The van der Waals surface area contributed by atoms with Crippen LogP contribution in [0.3, 0.4) is 0 Å². The summed E-state index contributed by atoms with van der Waals surface area (Å²) in [4.78, 5) is 46.6. The van der Waals surface area contributed by atoms with E-state index in [1.165, 1.54) is 65.6 Å². The van der Waals surface area contributed by atoms with Crippen molar-refractivity contribution in [1.29, 1.82) is 0 Å². The van der Waals surface area contributed by atoms with Crippen molar-refractivity contribution in [2.45, 2.75) is 82.2 Å². The first-order valence-electron chi connectivity index (χ1n) is 21.4. The van der Waals surface area contributed by atoms with Gasteiger partial charge in [0.1, 0.15) is 11.8 Å². The zero-order chi connectivity index (χ0) is 38.6. The van der Waals surface area contributed by atoms with Gasteiger partial charge in [-0.15, -0.1) is 0 Å². The van der Waals surface area contributed by atoms with Gasteiger partial charge in [-0.3, -0.25) is 24.6 Å². The van der Waals surface area contributed by atoms with E-state index in [-0.39, 0.29) is 30.1 Å². The van der Waals surface area contributed by atoms with Crippen molar-refractivity contribution >= 4 is 29.1 Å². The van der Waals surface area contributed by atoms with Crippen molar-refractivity contribution < 1.29 is 19.5 Å². The molecule has 4 aliphatic heterocycles. The number of carbonyl (C=O) groups excluding carboxylic acids is 3. The molecule has 0 spiro atoms. The SMILES string of the molecule is O=C1CC[C@H](N2Cc3cc(N4CCN(CC5CCN(c6ccc([C@@H]7c8ccc(O)cc8CC[C@@H]7c7ccc8c(c7)CCC8)cc6)CC5)CC4)ccc3C2=O)C(=O)N1. The van der Waals surface area contributed by atoms with Crippen molar-refractivity contribution in [1.82, 2.24) is 15.1 Å². The molecular formula is C48H53N5O4. The van der Waals surface area contributed by atoms with Crippen LogP contribution in [0.4, 0.5) is 11.4 Å². The predicted octanol–water partition coefficient (Wildman–Crippen LogP) is 6.54. The summed E-state index contributed by atoms with van der Waals surface area (Å²) in [6, 6.07) is 28.3. The number of anilines is 2. The molecule has 3 fully saturated rings. The van der Waals surface area contributed by atoms with E-state index in [4.69, 9.17) is 0 Å². The quantitative estimate of drug-likeness (QED) is 0.207. The molecule has 3 amide bonds. The molecule has 0 bridgehead atoms. The van der Waals surface area contributed by atoms with Gasteiger partial charge < -0.3 is 19.8 Å². The number of nitrogens with zero attached hydrogens (tertiary/aromatic N) is 4. The molecule has 0 radical (unpaired) electrons. The van der Waals surface area contributed by atoms with Crippen molar-refractivity contribution in [3.63, 3.8) is 0 Å². The monoisotopic (exact) mass is 763 g/mol. The van der Waals surface area contributed by atoms with E-state index in [0.717, 1.165) is 69.9 Å². The van der Waals surface area contributed by atoms with Crippen LogP contribution in [0.25, 0.3) is 0 Å². The first kappa shape index (κ1) is 36.2. The molecule has 6 aliphatic rings. The lowest BCUT2D eigenvalue weighted by molar-refractivity contribution is -0.136. The third kappa shape index (κ3) is 6.98. The molecule has 2 N–H and O–H groups in total. The summed E-state index contributed by atoms with van der Waals surface area (Å²) in [7, 11) is 0. The number of aryl methyl sites for hydroxylation is 3. The minimum absolute atomic E-state index is 0.119. The molecule has 0 saturated carbocycles. The van der Waals surface area contributed by atoms with Crippen LogP contribution in [0.5, 0.6) is 5.75 Å². The molecule has 0 aromatic heterocycles. The number of piperazine rings is 1. The van der Waals surface area contributed by atoms with Crippen molar-refractivity contribution in [3.05, 3.63) is 123 Å². The van der Waals surface area contributed by atoms with Gasteiger partial charge in [-0.2, -0.15) is 0 Å². The maximum absolute atomic E-state index is 13.2. The maximum atomic E-state index is 13.2. The van der Waals surface area contributed by atoms with Crippen LogP contribution in [0.1, 0.15) is 99.7 Å². The molecule has 294 valence electrons. The number of phenols is 1. The van der Waals surface area contributed by atoms with Crippen LogP contribution in [-0.4, -0.2) is 84.5 Å². The van der Waals surface area contributed by atoms with E-state index in [1.807, 2.05) is 18.2 Å². The number of benzene rings is 4. The Labute approximate surface area is 335 Å². The molecular weight excluding hydrogens is 711 g/mol. The van der Waals surface area contributed by atoms with Crippen molar-refractivity contribution in [2.75, 3.05) is 55.6 Å². The highest BCUT2D eigenvalue weighted by Gasteiger charge is 2.39. The van der Waals surface area contributed by atoms with Gasteiger partial charge in [-0.05, 0) is 145 Å². The molecule has 4 heterocycles. The summed E-state index contributed by atoms with van der Waals surface area (Å²) in [6.07, 6.45) is 8.81. The number of amides is 3. The summed E-state index contributed by atoms with van der Waals surface area (Å²) in [5.41, 5.74) is 12.6. The minimum atomic E-state index is -0.585. The van der Waals surface area contributed by atoms with Gasteiger partial charge in [-0.1, -0.05) is 36.4 Å². The minimum Gasteiger partial charge on any atom is -0.508 e. The van der Waals surface area contributed by atoms with Crippen molar-refractivity contribution in [3.8, 4) is 5.75 Å². The molecule has 9 nitrogen and oxygen atoms in total. The van der Waals surface area contributed by atoms with E-state index in [0.29, 0.717) is 36.1 Å². The van der Waals surface area contributed by atoms with Gasteiger partial charge in [0, 0.05) is 81.6 Å². The first-order valence-corrected chi connectivity index (χ1v) is 21.4. The predicted molar refractivity (Wildman–Crippen MR) is 222 cm³/mol. The molecule has 3 atom stereocenters. The summed E-state index contributed by atoms with van der Waals surface area (Å²) in [5, 5.41) is 12.7. The van der Waals surface area contributed by atoms with Crippen LogP contribution < -0.4 is 15.1 Å². The molecule has 0 unspecified atom stereocenters. The second-order valence-electron chi connectivity index (χ2n) is 17.4. The average Bonchev–Trinajstić information content (AvgIpc) is 3.84. The maximum Gasteiger partial charge on any atom is 0.255 e. The normalized spacial score (nSPS) is 24.0. The highest BCUT2D eigenvalue weighted by Crippen LogP contribution is 2.48. The zero-order valence-corrected chi connectivity index (χ0v) is 32.8. The van der Waals surface area contributed by atoms with Gasteiger partial charge in [-0.25, -0.2) is 0 Å². The van der Waals surface area contributed by atoms with E-state index in [9.17, 15) is 19.5 Å². The Kier molecular flexibility index (Phi) is 9.51. The van der Waals surface area contributed by atoms with Gasteiger partial charge in [0.25, 0.3) is 5.91 Å². The van der Waals surface area contributed by atoms with E-state index < -0.39 is 6.04 Å². The largest absolute Gasteiger partial charge is 0.508 e. The van der Waals surface area contributed by atoms with Crippen molar-refractivity contribution in [2.24, 2.45) is 5.92 Å². The third-order valence-electron chi connectivity index (χ3n) is 14.1. The lowest BCUT2D eigenvalue weighted by Gasteiger charge is -2.40. The smallest absolute Gasteiger partial charge is 0.255 e. The van der Waals surface area contributed by atoms with Crippen LogP contribution in [-0.2, 0) is 35.4 Å². The third-order valence-corrected chi connectivity index (χ3v) is 14.1. The lowest BCUT2D eigenvalue weighted by Crippen LogP contribution is -2.52. The molecule has 10 rings (SSSR count). The Morgan fingerprint density at radius 1 is 0.632 bits per heavy atom. The topological polar surface area (TPSA) is 96.4 Å². The number of piperidine rings is 2. The molecule has 9 heteroatoms. The Hall–Kier alpha value is -5.15. The number of hydrogen-bond donors (Lipinski definition) is 2. The lowest BCUT2D eigenvalue weighted by atomic mass is 9.69. The number of carbonyl (C=O) groups is 3. The highest BCUT2D eigenvalue weighted by molar-refractivity contribution is 6.05. The molecule has 4 aromatic carbocycles. The Morgan fingerprint density at radius 2 is 1.39 bits per heavy atom. The van der Waals surface area contributed by atoms with E-state index >= 15 is 0 Å². The van der Waals surface area contributed by atoms with Crippen LogP contribution in [0.15, 0.2) is 78.9 Å². The Morgan fingerprint density at radius 3 is 2.19 bits per heavy atom. The van der Waals surface area contributed by atoms with Gasteiger partial charge in [0.05, 0.1) is 0 Å². The molecule has 3 saturated heterocycles. The number of imide groups is 1. The van der Waals surface area contributed by atoms with Crippen LogP contribution in [0, 0.1) is 5.92 Å². The second kappa shape index (κ2) is 15.0. The summed E-state index contributed by atoms with van der Waals surface area (Å²) in [6.45, 7) is 7.67. The molecule has 4 aromatic rings. The highest BCUT2D eigenvalue weighted by atomic mass is 16.3.